The molecule has 1 N–H and O–H groups in total. The lowest BCUT2D eigenvalue weighted by Gasteiger charge is -2.31. The van der Waals surface area contributed by atoms with Crippen molar-refractivity contribution in [3.05, 3.63) is 35.8 Å². The van der Waals surface area contributed by atoms with Crippen molar-refractivity contribution in [1.29, 1.82) is 5.26 Å². The van der Waals surface area contributed by atoms with Crippen LogP contribution in [0.2, 0.25) is 0 Å². The van der Waals surface area contributed by atoms with E-state index in [0.29, 0.717) is 38.7 Å². The van der Waals surface area contributed by atoms with Gasteiger partial charge in [0.2, 0.25) is 0 Å². The molecular formula is C22H25N5O2S. The highest BCUT2D eigenvalue weighted by Gasteiger charge is 2.24. The van der Waals surface area contributed by atoms with Gasteiger partial charge < -0.3 is 19.5 Å². The number of rotatable bonds is 6. The van der Waals surface area contributed by atoms with Crippen molar-refractivity contribution in [1.82, 2.24) is 14.5 Å². The number of carbonyl (C=O) groups is 1. The molecule has 1 amide bonds. The van der Waals surface area contributed by atoms with Gasteiger partial charge in [0.1, 0.15) is 0 Å². The van der Waals surface area contributed by atoms with Gasteiger partial charge in [0.25, 0.3) is 0 Å². The van der Waals surface area contributed by atoms with E-state index >= 15 is 0 Å². The Balaban J connectivity index is 1.45. The molecule has 1 aromatic carbocycles. The predicted octanol–water partition coefficient (Wildman–Crippen LogP) is 4.71. The summed E-state index contributed by atoms with van der Waals surface area (Å²) in [6.45, 7) is 4.30. The summed E-state index contributed by atoms with van der Waals surface area (Å²) in [5.74, 6) is 0. The van der Waals surface area contributed by atoms with E-state index in [2.05, 4.69) is 39.7 Å². The monoisotopic (exact) mass is 423 g/mol. The number of carbonyl (C=O) groups excluding carboxylic acids is 1. The average molecular weight is 424 g/mol. The van der Waals surface area contributed by atoms with E-state index in [1.165, 1.54) is 0 Å². The molecule has 1 fully saturated rings. The molecule has 30 heavy (non-hydrogen) atoms. The molecule has 0 saturated carbocycles. The highest BCUT2D eigenvalue weighted by atomic mass is 32.1. The summed E-state index contributed by atoms with van der Waals surface area (Å²) in [6.07, 6.45) is 4.10. The van der Waals surface area contributed by atoms with Crippen LogP contribution in [0.25, 0.3) is 22.2 Å². The maximum atomic E-state index is 11.9. The van der Waals surface area contributed by atoms with Gasteiger partial charge in [-0.25, -0.2) is 9.78 Å². The molecule has 3 aromatic rings. The molecule has 2 aromatic heterocycles. The molecule has 7 nitrogen and oxygen atoms in total. The van der Waals surface area contributed by atoms with Crippen molar-refractivity contribution in [3.8, 4) is 17.3 Å². The second-order valence-corrected chi connectivity index (χ2v) is 8.16. The van der Waals surface area contributed by atoms with E-state index in [1.807, 2.05) is 19.1 Å². The maximum Gasteiger partial charge on any atom is 0.409 e. The van der Waals surface area contributed by atoms with Crippen LogP contribution < -0.4 is 5.32 Å². The first-order valence-corrected chi connectivity index (χ1v) is 11.2. The number of nitriles is 1. The number of hydrogen-bond acceptors (Lipinski definition) is 6. The lowest BCUT2D eigenvalue weighted by atomic mass is 10.1. The second kappa shape index (κ2) is 9.18. The fourth-order valence-corrected chi connectivity index (χ4v) is 4.65. The summed E-state index contributed by atoms with van der Waals surface area (Å²) in [5.41, 5.74) is 3.15. The molecule has 0 atom stereocenters. The number of piperidine rings is 1. The first-order chi connectivity index (χ1) is 14.7. The Kier molecular flexibility index (Phi) is 6.19. The number of anilines is 1. The number of benzene rings is 1. The molecule has 0 spiro atoms. The lowest BCUT2D eigenvalue weighted by molar-refractivity contribution is 0.0983. The SMILES string of the molecule is CCOC(=O)N1CCC(Nc2nc(-c3cn(CCC#N)c4ccccc34)cs2)CC1. The number of likely N-dealkylation sites (tertiary alicyclic amines) is 1. The van der Waals surface area contributed by atoms with Gasteiger partial charge in [0.05, 0.1) is 24.8 Å². The van der Waals surface area contributed by atoms with E-state index in [4.69, 9.17) is 15.0 Å². The third-order valence-corrected chi connectivity index (χ3v) is 6.16. The van der Waals surface area contributed by atoms with Crippen LogP contribution in [0.15, 0.2) is 35.8 Å². The molecule has 1 aliphatic rings. The Morgan fingerprint density at radius 1 is 1.37 bits per heavy atom. The van der Waals surface area contributed by atoms with Crippen LogP contribution in [0, 0.1) is 11.3 Å². The van der Waals surface area contributed by atoms with Gasteiger partial charge in [-0.2, -0.15) is 5.26 Å². The van der Waals surface area contributed by atoms with Gasteiger partial charge in [-0.15, -0.1) is 11.3 Å². The Morgan fingerprint density at radius 2 is 2.17 bits per heavy atom. The molecule has 1 saturated heterocycles. The predicted molar refractivity (Wildman–Crippen MR) is 119 cm³/mol. The zero-order valence-corrected chi connectivity index (χ0v) is 17.8. The second-order valence-electron chi connectivity index (χ2n) is 7.30. The first-order valence-electron chi connectivity index (χ1n) is 10.3. The van der Waals surface area contributed by atoms with Crippen molar-refractivity contribution in [2.75, 3.05) is 25.0 Å². The number of amides is 1. The van der Waals surface area contributed by atoms with Gasteiger partial charge in [0.15, 0.2) is 5.13 Å². The number of fused-ring (bicyclic) bond motifs is 1. The standard InChI is InChI=1S/C22H25N5O2S/c1-2-29-22(28)26-12-8-16(9-13-26)24-21-25-19(15-30-21)18-14-27(11-5-10-23)20-7-4-3-6-17(18)20/h3-4,6-7,14-16H,2,5,8-9,11-13H2,1H3,(H,24,25). The minimum Gasteiger partial charge on any atom is -0.450 e. The van der Waals surface area contributed by atoms with Crippen LogP contribution in [0.1, 0.15) is 26.2 Å². The number of ether oxygens (including phenoxy) is 1. The van der Waals surface area contributed by atoms with Crippen LogP contribution in [-0.4, -0.2) is 46.3 Å². The van der Waals surface area contributed by atoms with Crippen molar-refractivity contribution < 1.29 is 9.53 Å². The zero-order chi connectivity index (χ0) is 20.9. The van der Waals surface area contributed by atoms with Crippen LogP contribution in [0.4, 0.5) is 9.93 Å². The fourth-order valence-electron chi connectivity index (χ4n) is 3.87. The molecule has 0 bridgehead atoms. The van der Waals surface area contributed by atoms with Crippen LogP contribution in [-0.2, 0) is 11.3 Å². The third-order valence-electron chi connectivity index (χ3n) is 5.38. The number of aryl methyl sites for hydroxylation is 1. The van der Waals surface area contributed by atoms with Gasteiger partial charge in [0, 0.05) is 53.7 Å². The van der Waals surface area contributed by atoms with Crippen molar-refractivity contribution in [2.45, 2.75) is 38.8 Å². The molecular weight excluding hydrogens is 398 g/mol. The normalized spacial score (nSPS) is 14.6. The molecule has 3 heterocycles. The molecule has 0 aliphatic carbocycles. The van der Waals surface area contributed by atoms with E-state index < -0.39 is 0 Å². The van der Waals surface area contributed by atoms with Crippen molar-refractivity contribution in [2.24, 2.45) is 0 Å². The number of para-hydroxylation sites is 1. The smallest absolute Gasteiger partial charge is 0.409 e. The van der Waals surface area contributed by atoms with Crippen molar-refractivity contribution >= 4 is 33.5 Å². The summed E-state index contributed by atoms with van der Waals surface area (Å²) < 4.78 is 7.22. The molecule has 1 aliphatic heterocycles. The highest BCUT2D eigenvalue weighted by Crippen LogP contribution is 2.33. The van der Waals surface area contributed by atoms with Gasteiger partial charge in [-0.1, -0.05) is 18.2 Å². The van der Waals surface area contributed by atoms with Gasteiger partial charge in [-0.05, 0) is 25.8 Å². The third kappa shape index (κ3) is 4.26. The number of nitrogens with zero attached hydrogens (tertiary/aromatic N) is 4. The van der Waals surface area contributed by atoms with Gasteiger partial charge >= 0.3 is 6.09 Å². The molecule has 0 unspecified atom stereocenters. The number of hydrogen-bond donors (Lipinski definition) is 1. The first kappa shape index (κ1) is 20.2. The van der Waals surface area contributed by atoms with E-state index in [1.54, 1.807) is 16.2 Å². The molecule has 4 rings (SSSR count). The summed E-state index contributed by atoms with van der Waals surface area (Å²) in [6, 6.07) is 10.8. The van der Waals surface area contributed by atoms with Crippen LogP contribution in [0.3, 0.4) is 0 Å². The summed E-state index contributed by atoms with van der Waals surface area (Å²) in [4.78, 5) is 18.4. The highest BCUT2D eigenvalue weighted by molar-refractivity contribution is 7.14. The number of nitrogens with one attached hydrogen (secondary N) is 1. The average Bonchev–Trinajstić information content (AvgIpc) is 3.37. The molecule has 156 valence electrons. The number of thiazole rings is 1. The Morgan fingerprint density at radius 3 is 2.93 bits per heavy atom. The van der Waals surface area contributed by atoms with E-state index in [9.17, 15) is 4.79 Å². The topological polar surface area (TPSA) is 83.2 Å². The van der Waals surface area contributed by atoms with Crippen molar-refractivity contribution in [3.63, 3.8) is 0 Å². The Bertz CT molecular complexity index is 1060. The number of aromatic nitrogens is 2. The van der Waals surface area contributed by atoms with E-state index in [0.717, 1.165) is 40.1 Å². The largest absolute Gasteiger partial charge is 0.450 e. The zero-order valence-electron chi connectivity index (χ0n) is 17.0. The lowest BCUT2D eigenvalue weighted by Crippen LogP contribution is -2.42. The maximum absolute atomic E-state index is 11.9. The molecule has 8 heteroatoms. The summed E-state index contributed by atoms with van der Waals surface area (Å²) >= 11 is 1.60. The molecule has 0 radical (unpaired) electrons. The van der Waals surface area contributed by atoms with Crippen LogP contribution in [0.5, 0.6) is 0 Å². The quantitative estimate of drug-likeness (QED) is 0.621. The van der Waals surface area contributed by atoms with Crippen LogP contribution >= 0.6 is 11.3 Å². The minimum atomic E-state index is -0.222. The van der Waals surface area contributed by atoms with E-state index in [-0.39, 0.29) is 6.09 Å². The Hall–Kier alpha value is -3.05. The fraction of sp³-hybridized carbons (Fsp3) is 0.409. The Labute approximate surface area is 179 Å². The summed E-state index contributed by atoms with van der Waals surface area (Å²) in [7, 11) is 0. The minimum absolute atomic E-state index is 0.222. The van der Waals surface area contributed by atoms with Gasteiger partial charge in [-0.3, -0.25) is 0 Å². The summed E-state index contributed by atoms with van der Waals surface area (Å²) in [5, 5.41) is 16.6.